The highest BCUT2D eigenvalue weighted by atomic mass is 127. The van der Waals surface area contributed by atoms with E-state index in [1.165, 1.54) is 25.7 Å². The van der Waals surface area contributed by atoms with Crippen molar-refractivity contribution in [1.29, 1.82) is 0 Å². The van der Waals surface area contributed by atoms with E-state index < -0.39 is 0 Å². The minimum atomic E-state index is 0. The fraction of sp³-hybridized carbons (Fsp3) is 0.438. The minimum absolute atomic E-state index is 0. The van der Waals surface area contributed by atoms with Gasteiger partial charge in [0.25, 0.3) is 0 Å². The van der Waals surface area contributed by atoms with Crippen LogP contribution in [0.2, 0.25) is 0 Å². The highest BCUT2D eigenvalue weighted by Crippen LogP contribution is 2.17. The summed E-state index contributed by atoms with van der Waals surface area (Å²) in [6.45, 7) is 0.585. The van der Waals surface area contributed by atoms with Crippen molar-refractivity contribution in [3.8, 4) is 5.69 Å². The first-order valence-electron chi connectivity index (χ1n) is 7.78. The Balaban J connectivity index is 0.00000192. The van der Waals surface area contributed by atoms with Gasteiger partial charge in [0.15, 0.2) is 11.8 Å². The molecule has 0 amide bonds. The molecule has 6 nitrogen and oxygen atoms in total. The Morgan fingerprint density at radius 3 is 2.70 bits per heavy atom. The first kappa shape index (κ1) is 17.7. The molecule has 0 unspecified atom stereocenters. The molecule has 23 heavy (non-hydrogen) atoms. The van der Waals surface area contributed by atoms with Gasteiger partial charge < -0.3 is 10.6 Å². The van der Waals surface area contributed by atoms with Crippen LogP contribution in [-0.2, 0) is 6.54 Å². The predicted molar refractivity (Wildman–Crippen MR) is 102 cm³/mol. The number of guanidine groups is 1. The average Bonchev–Trinajstić information content (AvgIpc) is 3.23. The zero-order valence-electron chi connectivity index (χ0n) is 13.3. The molecule has 0 bridgehead atoms. The molecule has 3 rings (SSSR count). The summed E-state index contributed by atoms with van der Waals surface area (Å²) in [6.07, 6.45) is 6.79. The maximum absolute atomic E-state index is 4.29. The third-order valence-corrected chi connectivity index (χ3v) is 3.99. The van der Waals surface area contributed by atoms with Crippen molar-refractivity contribution in [3.05, 3.63) is 42.5 Å². The van der Waals surface area contributed by atoms with E-state index in [4.69, 9.17) is 0 Å². The molecule has 1 heterocycles. The summed E-state index contributed by atoms with van der Waals surface area (Å²) in [5.74, 6) is 1.69. The molecule has 1 saturated carbocycles. The molecule has 0 atom stereocenters. The number of benzene rings is 1. The summed E-state index contributed by atoms with van der Waals surface area (Å²) < 4.78 is 1.98. The number of aliphatic imine (C=N–C) groups is 1. The van der Waals surface area contributed by atoms with Crippen LogP contribution in [-0.4, -0.2) is 33.8 Å². The Bertz CT molecular complexity index is 619. The molecule has 0 spiro atoms. The molecular formula is C16H23IN6. The van der Waals surface area contributed by atoms with Gasteiger partial charge in [-0.15, -0.1) is 34.2 Å². The van der Waals surface area contributed by atoms with Crippen LogP contribution in [0.4, 0.5) is 0 Å². The second-order valence-corrected chi connectivity index (χ2v) is 5.50. The Morgan fingerprint density at radius 2 is 2.00 bits per heavy atom. The van der Waals surface area contributed by atoms with Gasteiger partial charge in [-0.1, -0.05) is 31.0 Å². The third kappa shape index (κ3) is 4.66. The molecule has 7 heteroatoms. The lowest BCUT2D eigenvalue weighted by molar-refractivity contribution is 0.610. The predicted octanol–water partition coefficient (Wildman–Crippen LogP) is 2.49. The number of hydrogen-bond acceptors (Lipinski definition) is 3. The van der Waals surface area contributed by atoms with Crippen LogP contribution >= 0.6 is 24.0 Å². The highest BCUT2D eigenvalue weighted by molar-refractivity contribution is 14.0. The van der Waals surface area contributed by atoms with E-state index in [9.17, 15) is 0 Å². The second kappa shape index (κ2) is 8.85. The van der Waals surface area contributed by atoms with Crippen LogP contribution in [0.15, 0.2) is 41.7 Å². The van der Waals surface area contributed by atoms with Gasteiger partial charge in [0.05, 0.1) is 6.54 Å². The van der Waals surface area contributed by atoms with Gasteiger partial charge in [0, 0.05) is 18.8 Å². The Hall–Kier alpha value is -1.64. The number of aromatic nitrogens is 3. The first-order chi connectivity index (χ1) is 10.9. The molecule has 2 aromatic rings. The number of hydrogen-bond donors (Lipinski definition) is 2. The lowest BCUT2D eigenvalue weighted by Crippen LogP contribution is -2.42. The van der Waals surface area contributed by atoms with Gasteiger partial charge in [-0.3, -0.25) is 9.56 Å². The standard InChI is InChI=1S/C16H22N6.HI/c1-17-16(20-13-7-5-6-8-13)18-11-15-21-19-12-22(15)14-9-3-2-4-10-14;/h2-4,9-10,12-13H,5-8,11H2,1H3,(H2,17,18,20);1H. The number of nitrogens with one attached hydrogen (secondary N) is 2. The van der Waals surface area contributed by atoms with Crippen LogP contribution in [0.5, 0.6) is 0 Å². The molecule has 0 radical (unpaired) electrons. The average molecular weight is 426 g/mol. The van der Waals surface area contributed by atoms with Crippen LogP contribution in [0.25, 0.3) is 5.69 Å². The Morgan fingerprint density at radius 1 is 1.26 bits per heavy atom. The van der Waals surface area contributed by atoms with Crippen LogP contribution in [0.1, 0.15) is 31.5 Å². The van der Waals surface area contributed by atoms with Crippen molar-refractivity contribution in [1.82, 2.24) is 25.4 Å². The normalized spacial score (nSPS) is 15.3. The molecule has 1 aromatic heterocycles. The molecule has 0 saturated heterocycles. The van der Waals surface area contributed by atoms with Crippen molar-refractivity contribution in [2.75, 3.05) is 7.05 Å². The molecule has 1 aromatic carbocycles. The van der Waals surface area contributed by atoms with Crippen molar-refractivity contribution in [2.45, 2.75) is 38.3 Å². The van der Waals surface area contributed by atoms with Gasteiger partial charge >= 0.3 is 0 Å². The maximum Gasteiger partial charge on any atom is 0.191 e. The molecule has 1 fully saturated rings. The largest absolute Gasteiger partial charge is 0.354 e. The van der Waals surface area contributed by atoms with E-state index in [0.717, 1.165) is 17.5 Å². The fourth-order valence-corrected chi connectivity index (χ4v) is 2.80. The molecule has 0 aliphatic heterocycles. The summed E-state index contributed by atoms with van der Waals surface area (Å²) in [6, 6.07) is 10.6. The summed E-state index contributed by atoms with van der Waals surface area (Å²) in [7, 11) is 1.80. The molecule has 2 N–H and O–H groups in total. The zero-order valence-corrected chi connectivity index (χ0v) is 15.6. The van der Waals surface area contributed by atoms with Crippen molar-refractivity contribution in [2.24, 2.45) is 4.99 Å². The number of para-hydroxylation sites is 1. The van der Waals surface area contributed by atoms with E-state index in [0.29, 0.717) is 12.6 Å². The second-order valence-electron chi connectivity index (χ2n) is 5.50. The smallest absolute Gasteiger partial charge is 0.191 e. The van der Waals surface area contributed by atoms with Crippen molar-refractivity contribution < 1.29 is 0 Å². The molecule has 1 aliphatic carbocycles. The molecular weight excluding hydrogens is 403 g/mol. The van der Waals surface area contributed by atoms with E-state index in [1.54, 1.807) is 13.4 Å². The Labute approximate surface area is 153 Å². The van der Waals surface area contributed by atoms with Crippen molar-refractivity contribution >= 4 is 29.9 Å². The van der Waals surface area contributed by atoms with Crippen molar-refractivity contribution in [3.63, 3.8) is 0 Å². The van der Waals surface area contributed by atoms with Crippen LogP contribution in [0, 0.1) is 0 Å². The van der Waals surface area contributed by atoms with E-state index in [1.807, 2.05) is 34.9 Å². The number of rotatable bonds is 4. The topological polar surface area (TPSA) is 67.1 Å². The van der Waals surface area contributed by atoms with Gasteiger partial charge in [-0.2, -0.15) is 0 Å². The summed E-state index contributed by atoms with van der Waals surface area (Å²) in [5, 5.41) is 15.0. The maximum atomic E-state index is 4.29. The number of nitrogens with zero attached hydrogens (tertiary/aromatic N) is 4. The van der Waals surface area contributed by atoms with E-state index in [-0.39, 0.29) is 24.0 Å². The SMILES string of the molecule is CN=C(NCc1nncn1-c1ccccc1)NC1CCCC1.I. The summed E-state index contributed by atoms with van der Waals surface area (Å²) in [5.41, 5.74) is 1.06. The lowest BCUT2D eigenvalue weighted by Gasteiger charge is -2.16. The first-order valence-corrected chi connectivity index (χ1v) is 7.78. The number of halogens is 1. The quantitative estimate of drug-likeness (QED) is 0.448. The fourth-order valence-electron chi connectivity index (χ4n) is 2.80. The Kier molecular flexibility index (Phi) is 6.82. The summed E-state index contributed by atoms with van der Waals surface area (Å²) in [4.78, 5) is 4.29. The summed E-state index contributed by atoms with van der Waals surface area (Å²) >= 11 is 0. The van der Waals surface area contributed by atoms with Gasteiger partial charge in [0.1, 0.15) is 6.33 Å². The van der Waals surface area contributed by atoms with Gasteiger partial charge in [-0.05, 0) is 25.0 Å². The highest BCUT2D eigenvalue weighted by Gasteiger charge is 2.16. The van der Waals surface area contributed by atoms with Gasteiger partial charge in [0.2, 0.25) is 0 Å². The molecule has 1 aliphatic rings. The zero-order chi connectivity index (χ0) is 15.2. The van der Waals surface area contributed by atoms with E-state index in [2.05, 4.69) is 25.8 Å². The monoisotopic (exact) mass is 426 g/mol. The van der Waals surface area contributed by atoms with Crippen LogP contribution in [0.3, 0.4) is 0 Å². The lowest BCUT2D eigenvalue weighted by atomic mass is 10.2. The van der Waals surface area contributed by atoms with Crippen LogP contribution < -0.4 is 10.6 Å². The molecule has 124 valence electrons. The van der Waals surface area contributed by atoms with Gasteiger partial charge in [-0.25, -0.2) is 0 Å². The minimum Gasteiger partial charge on any atom is -0.354 e. The third-order valence-electron chi connectivity index (χ3n) is 3.99. The van der Waals surface area contributed by atoms with E-state index >= 15 is 0 Å².